The van der Waals surface area contributed by atoms with E-state index in [2.05, 4.69) is 43.4 Å². The highest BCUT2D eigenvalue weighted by molar-refractivity contribution is 5.89. The number of hydrogen-bond donors (Lipinski definition) is 1. The number of anilines is 1. The number of nitrogens with one attached hydrogen (secondary N) is 1. The number of esters is 1. The van der Waals surface area contributed by atoms with Gasteiger partial charge in [-0.2, -0.15) is 0 Å². The van der Waals surface area contributed by atoms with Crippen molar-refractivity contribution in [3.8, 4) is 0 Å². The van der Waals surface area contributed by atoms with Gasteiger partial charge in [0.1, 0.15) is 0 Å². The van der Waals surface area contributed by atoms with Crippen LogP contribution in [-0.2, 0) is 4.74 Å². The van der Waals surface area contributed by atoms with Crippen molar-refractivity contribution >= 4 is 11.7 Å². The minimum atomic E-state index is -0.292. The molecule has 3 atom stereocenters. The van der Waals surface area contributed by atoms with Gasteiger partial charge in [-0.1, -0.05) is 30.4 Å². The summed E-state index contributed by atoms with van der Waals surface area (Å²) in [5, 5.41) is 3.77. The van der Waals surface area contributed by atoms with Crippen LogP contribution in [0.3, 0.4) is 0 Å². The Balaban J connectivity index is 1.73. The largest absolute Gasteiger partial charge is 0.465 e. The van der Waals surface area contributed by atoms with Crippen molar-refractivity contribution in [2.45, 2.75) is 32.2 Å². The van der Waals surface area contributed by atoms with Crippen LogP contribution in [0.15, 0.2) is 48.6 Å². The van der Waals surface area contributed by atoms with E-state index < -0.39 is 0 Å². The molecule has 2 aliphatic rings. The van der Waals surface area contributed by atoms with E-state index >= 15 is 0 Å². The second-order valence-electron chi connectivity index (χ2n) is 7.13. The maximum Gasteiger partial charge on any atom is 0.337 e. The molecule has 3 heteroatoms. The normalized spacial score (nSPS) is 23.6. The van der Waals surface area contributed by atoms with Crippen molar-refractivity contribution in [2.75, 3.05) is 12.4 Å². The highest BCUT2D eigenvalue weighted by atomic mass is 16.5. The summed E-state index contributed by atoms with van der Waals surface area (Å²) in [5.41, 5.74) is 7.14. The predicted octanol–water partition coefficient (Wildman–Crippen LogP) is 4.92. The van der Waals surface area contributed by atoms with Crippen LogP contribution in [0.1, 0.15) is 51.0 Å². The Bertz CT molecular complexity index is 851. The van der Waals surface area contributed by atoms with E-state index in [0.717, 1.165) is 6.42 Å². The third-order valence-electron chi connectivity index (χ3n) is 5.51. The highest BCUT2D eigenvalue weighted by Gasteiger charge is 2.38. The molecule has 0 fully saturated rings. The number of aryl methyl sites for hydroxylation is 2. The van der Waals surface area contributed by atoms with Crippen LogP contribution in [0.2, 0.25) is 0 Å². The Hall–Kier alpha value is -2.55. The van der Waals surface area contributed by atoms with Gasteiger partial charge in [-0.15, -0.1) is 0 Å². The summed E-state index contributed by atoms with van der Waals surface area (Å²) in [6.45, 7) is 4.36. The minimum Gasteiger partial charge on any atom is -0.465 e. The molecule has 4 rings (SSSR count). The highest BCUT2D eigenvalue weighted by Crippen LogP contribution is 2.50. The van der Waals surface area contributed by atoms with Crippen molar-refractivity contribution in [1.29, 1.82) is 0 Å². The third kappa shape index (κ3) is 2.64. The van der Waals surface area contributed by atoms with Crippen LogP contribution in [0.4, 0.5) is 5.69 Å². The number of fused-ring (bicyclic) bond motifs is 3. The first-order chi connectivity index (χ1) is 12.1. The van der Waals surface area contributed by atoms with Gasteiger partial charge in [0.2, 0.25) is 0 Å². The Kier molecular flexibility index (Phi) is 3.87. The van der Waals surface area contributed by atoms with Crippen LogP contribution < -0.4 is 5.32 Å². The molecule has 0 radical (unpaired) electrons. The van der Waals surface area contributed by atoms with Gasteiger partial charge < -0.3 is 10.1 Å². The zero-order valence-electron chi connectivity index (χ0n) is 14.9. The lowest BCUT2D eigenvalue weighted by Crippen LogP contribution is -2.29. The molecule has 0 amide bonds. The SMILES string of the molecule is COC(=O)c1ccc([C@@H]2Nc3cc(C)cc(C)c3[C@H]3C=CC[C@@H]32)cc1. The molecule has 1 N–H and O–H groups in total. The molecule has 3 nitrogen and oxygen atoms in total. The molecule has 128 valence electrons. The summed E-state index contributed by atoms with van der Waals surface area (Å²) in [6, 6.07) is 12.6. The number of benzene rings is 2. The van der Waals surface area contributed by atoms with E-state index in [1.165, 1.54) is 35.1 Å². The first-order valence-corrected chi connectivity index (χ1v) is 8.81. The average Bonchev–Trinajstić information content (AvgIpc) is 3.09. The van der Waals surface area contributed by atoms with E-state index in [1.54, 1.807) is 0 Å². The summed E-state index contributed by atoms with van der Waals surface area (Å²) in [6.07, 6.45) is 5.75. The third-order valence-corrected chi connectivity index (χ3v) is 5.51. The molecule has 0 bridgehead atoms. The molecular weight excluding hydrogens is 310 g/mol. The number of ether oxygens (including phenoxy) is 1. The van der Waals surface area contributed by atoms with Gasteiger partial charge in [-0.25, -0.2) is 4.79 Å². The van der Waals surface area contributed by atoms with E-state index in [-0.39, 0.29) is 12.0 Å². The second-order valence-corrected chi connectivity index (χ2v) is 7.13. The van der Waals surface area contributed by atoms with E-state index in [9.17, 15) is 4.79 Å². The van der Waals surface area contributed by atoms with Gasteiger partial charge in [-0.3, -0.25) is 0 Å². The van der Waals surface area contributed by atoms with Crippen molar-refractivity contribution in [3.63, 3.8) is 0 Å². The van der Waals surface area contributed by atoms with Gasteiger partial charge in [0, 0.05) is 11.6 Å². The number of allylic oxidation sites excluding steroid dienone is 2. The molecule has 0 aromatic heterocycles. The second kappa shape index (κ2) is 6.07. The fourth-order valence-electron chi connectivity index (χ4n) is 4.42. The Morgan fingerprint density at radius 1 is 1.16 bits per heavy atom. The van der Waals surface area contributed by atoms with Crippen molar-refractivity contribution in [1.82, 2.24) is 0 Å². The molecular formula is C22H23NO2. The van der Waals surface area contributed by atoms with Gasteiger partial charge in [0.15, 0.2) is 0 Å². The molecule has 2 aromatic carbocycles. The van der Waals surface area contributed by atoms with Crippen LogP contribution in [0, 0.1) is 19.8 Å². The molecule has 25 heavy (non-hydrogen) atoms. The van der Waals surface area contributed by atoms with Crippen molar-refractivity contribution in [3.05, 3.63) is 76.4 Å². The quantitative estimate of drug-likeness (QED) is 0.626. The van der Waals surface area contributed by atoms with Crippen molar-refractivity contribution in [2.24, 2.45) is 5.92 Å². The van der Waals surface area contributed by atoms with E-state index in [4.69, 9.17) is 4.74 Å². The molecule has 0 saturated heterocycles. The summed E-state index contributed by atoms with van der Waals surface area (Å²) >= 11 is 0. The first-order valence-electron chi connectivity index (χ1n) is 8.81. The van der Waals surface area contributed by atoms with Crippen molar-refractivity contribution < 1.29 is 9.53 Å². The summed E-state index contributed by atoms with van der Waals surface area (Å²) in [5.74, 6) is 0.681. The monoisotopic (exact) mass is 333 g/mol. The predicted molar refractivity (Wildman–Crippen MR) is 100 cm³/mol. The van der Waals surface area contributed by atoms with Gasteiger partial charge >= 0.3 is 5.97 Å². The van der Waals surface area contributed by atoms with Gasteiger partial charge in [0.25, 0.3) is 0 Å². The molecule has 0 saturated carbocycles. The Labute approximate surface area is 148 Å². The van der Waals surface area contributed by atoms with E-state index in [1.807, 2.05) is 24.3 Å². The zero-order chi connectivity index (χ0) is 17.6. The van der Waals surface area contributed by atoms with Crippen LogP contribution in [-0.4, -0.2) is 13.1 Å². The maximum atomic E-state index is 11.7. The number of rotatable bonds is 2. The summed E-state index contributed by atoms with van der Waals surface area (Å²) in [7, 11) is 1.41. The molecule has 2 aromatic rings. The Morgan fingerprint density at radius 3 is 2.64 bits per heavy atom. The lowest BCUT2D eigenvalue weighted by molar-refractivity contribution is 0.0600. The fourth-order valence-corrected chi connectivity index (χ4v) is 4.42. The van der Waals surface area contributed by atoms with E-state index in [0.29, 0.717) is 17.4 Å². The maximum absolute atomic E-state index is 11.7. The number of hydrogen-bond acceptors (Lipinski definition) is 3. The lowest BCUT2D eigenvalue weighted by Gasteiger charge is -2.38. The smallest absolute Gasteiger partial charge is 0.337 e. The molecule has 0 spiro atoms. The lowest BCUT2D eigenvalue weighted by atomic mass is 9.75. The minimum absolute atomic E-state index is 0.250. The zero-order valence-corrected chi connectivity index (χ0v) is 14.9. The number of methoxy groups -OCH3 is 1. The summed E-state index contributed by atoms with van der Waals surface area (Å²) < 4.78 is 4.80. The van der Waals surface area contributed by atoms with Crippen LogP contribution in [0.25, 0.3) is 0 Å². The fraction of sp³-hybridized carbons (Fsp3) is 0.318. The topological polar surface area (TPSA) is 38.3 Å². The van der Waals surface area contributed by atoms with Gasteiger partial charge in [0.05, 0.1) is 18.7 Å². The standard InChI is InChI=1S/C22H23NO2/c1-13-11-14(2)20-17-5-4-6-18(17)21(23-19(20)12-13)15-7-9-16(10-8-15)22(24)25-3/h4-5,7-12,17-18,21,23H,6H2,1-3H3/t17-,18-,21-/m0/s1. The summed E-state index contributed by atoms with van der Waals surface area (Å²) in [4.78, 5) is 11.7. The van der Waals surface area contributed by atoms with Gasteiger partial charge in [-0.05, 0) is 66.6 Å². The molecule has 1 aliphatic carbocycles. The first kappa shape index (κ1) is 15.9. The molecule has 1 aliphatic heterocycles. The Morgan fingerprint density at radius 2 is 1.92 bits per heavy atom. The number of carbonyl (C=O) groups is 1. The molecule has 0 unspecified atom stereocenters. The van der Waals surface area contributed by atoms with Crippen LogP contribution in [0.5, 0.6) is 0 Å². The molecule has 1 heterocycles. The van der Waals surface area contributed by atoms with Crippen LogP contribution >= 0.6 is 0 Å². The number of carbonyl (C=O) groups excluding carboxylic acids is 1. The average molecular weight is 333 g/mol.